The van der Waals surface area contributed by atoms with Crippen molar-refractivity contribution < 1.29 is 9.18 Å². The van der Waals surface area contributed by atoms with Crippen LogP contribution >= 0.6 is 15.9 Å². The van der Waals surface area contributed by atoms with E-state index in [1.807, 2.05) is 0 Å². The molecule has 1 aliphatic heterocycles. The lowest BCUT2D eigenvalue weighted by molar-refractivity contribution is -0.117. The molecule has 0 bridgehead atoms. The number of anilines is 1. The molecule has 14 heavy (non-hydrogen) atoms. The Morgan fingerprint density at radius 3 is 2.86 bits per heavy atom. The Hall–Kier alpha value is -0.900. The van der Waals surface area contributed by atoms with E-state index in [9.17, 15) is 9.18 Å². The molecule has 1 aromatic rings. The van der Waals surface area contributed by atoms with Crippen LogP contribution in [0.4, 0.5) is 10.1 Å². The van der Waals surface area contributed by atoms with Crippen LogP contribution in [-0.2, 0) is 4.79 Å². The number of carbonyl (C=O) groups is 1. The first-order valence-electron chi connectivity index (χ1n) is 4.37. The average Bonchev–Trinajstić information content (AvgIpc) is 2.45. The van der Waals surface area contributed by atoms with Crippen LogP contribution in [0.5, 0.6) is 0 Å². The van der Waals surface area contributed by atoms with Crippen molar-refractivity contribution in [2.75, 3.05) is 11.4 Å². The maximum atomic E-state index is 12.9. The molecule has 1 aromatic carbocycles. The molecule has 2 nitrogen and oxygen atoms in total. The van der Waals surface area contributed by atoms with Gasteiger partial charge in [-0.3, -0.25) is 4.79 Å². The van der Waals surface area contributed by atoms with Crippen LogP contribution < -0.4 is 4.90 Å². The molecule has 1 heterocycles. The lowest BCUT2D eigenvalue weighted by Gasteiger charge is -2.15. The smallest absolute Gasteiger partial charge is 0.228 e. The van der Waals surface area contributed by atoms with Crippen molar-refractivity contribution >= 4 is 27.5 Å². The molecule has 1 unspecified atom stereocenters. The minimum Gasteiger partial charge on any atom is -0.311 e. The molecule has 1 aliphatic rings. The molecule has 0 saturated carbocycles. The second-order valence-electron chi connectivity index (χ2n) is 3.29. The Kier molecular flexibility index (Phi) is 2.54. The summed E-state index contributed by atoms with van der Waals surface area (Å²) in [6, 6.07) is 6.10. The van der Waals surface area contributed by atoms with Crippen molar-refractivity contribution in [1.29, 1.82) is 0 Å². The molecule has 0 aromatic heterocycles. The zero-order valence-electron chi connectivity index (χ0n) is 7.41. The summed E-state index contributed by atoms with van der Waals surface area (Å²) in [5.41, 5.74) is 0.636. The van der Waals surface area contributed by atoms with Crippen LogP contribution in [-0.4, -0.2) is 17.3 Å². The highest BCUT2D eigenvalue weighted by molar-refractivity contribution is 9.09. The predicted octanol–water partition coefficient (Wildman–Crippen LogP) is 2.33. The summed E-state index contributed by atoms with van der Waals surface area (Å²) in [6.45, 7) is 0.613. The predicted molar refractivity (Wildman–Crippen MR) is 56.1 cm³/mol. The van der Waals surface area contributed by atoms with Crippen molar-refractivity contribution in [2.24, 2.45) is 0 Å². The Morgan fingerprint density at radius 2 is 2.29 bits per heavy atom. The average molecular weight is 258 g/mol. The van der Waals surface area contributed by atoms with Crippen molar-refractivity contribution in [3.05, 3.63) is 30.1 Å². The third-order valence-electron chi connectivity index (χ3n) is 2.20. The number of halogens is 2. The van der Waals surface area contributed by atoms with Crippen LogP contribution in [0.1, 0.15) is 6.42 Å². The van der Waals surface area contributed by atoms with E-state index < -0.39 is 0 Å². The molecule has 0 N–H and O–H groups in total. The highest BCUT2D eigenvalue weighted by Crippen LogP contribution is 2.25. The fraction of sp³-hybridized carbons (Fsp3) is 0.300. The molecule has 2 rings (SSSR count). The number of hydrogen-bond donors (Lipinski definition) is 0. The molecule has 4 heteroatoms. The third-order valence-corrected chi connectivity index (χ3v) is 2.81. The normalized spacial score (nSPS) is 21.7. The largest absolute Gasteiger partial charge is 0.311 e. The van der Waals surface area contributed by atoms with Gasteiger partial charge >= 0.3 is 0 Å². The summed E-state index contributed by atoms with van der Waals surface area (Å²) >= 11 is 3.38. The minimum absolute atomic E-state index is 0.0393. The summed E-state index contributed by atoms with van der Waals surface area (Å²) in [4.78, 5) is 13.2. The summed E-state index contributed by atoms with van der Waals surface area (Å²) in [5.74, 6) is -0.272. The number of nitrogens with zero attached hydrogens (tertiary/aromatic N) is 1. The highest BCUT2D eigenvalue weighted by atomic mass is 79.9. The van der Waals surface area contributed by atoms with Crippen molar-refractivity contribution in [2.45, 2.75) is 11.2 Å². The molecular weight excluding hydrogens is 249 g/mol. The summed E-state index contributed by atoms with van der Waals surface area (Å²) in [7, 11) is 0. The first kappa shape index (κ1) is 9.65. The van der Waals surface area contributed by atoms with Gasteiger partial charge in [0.05, 0.1) is 0 Å². The van der Waals surface area contributed by atoms with Crippen molar-refractivity contribution in [1.82, 2.24) is 0 Å². The lowest BCUT2D eigenvalue weighted by Crippen LogP contribution is -2.24. The van der Waals surface area contributed by atoms with E-state index in [1.54, 1.807) is 17.0 Å². The minimum atomic E-state index is -0.312. The van der Waals surface area contributed by atoms with Crippen molar-refractivity contribution in [3.8, 4) is 0 Å². The zero-order valence-corrected chi connectivity index (χ0v) is 9.00. The van der Waals surface area contributed by atoms with E-state index in [4.69, 9.17) is 0 Å². The van der Waals surface area contributed by atoms with E-state index in [1.165, 1.54) is 12.1 Å². The standard InChI is InChI=1S/C10H9BrFNO/c11-7-4-10(14)13(6-7)9-3-1-2-8(12)5-9/h1-3,5,7H,4,6H2. The van der Waals surface area contributed by atoms with Crippen LogP contribution in [0.3, 0.4) is 0 Å². The van der Waals surface area contributed by atoms with Gasteiger partial charge in [-0.05, 0) is 18.2 Å². The Morgan fingerprint density at radius 1 is 1.50 bits per heavy atom. The van der Waals surface area contributed by atoms with E-state index in [0.717, 1.165) is 0 Å². The zero-order chi connectivity index (χ0) is 10.1. The summed E-state index contributed by atoms with van der Waals surface area (Å²) in [6.07, 6.45) is 0.483. The van der Waals surface area contributed by atoms with E-state index in [0.29, 0.717) is 18.7 Å². The molecule has 0 spiro atoms. The van der Waals surface area contributed by atoms with Crippen molar-refractivity contribution in [3.63, 3.8) is 0 Å². The number of hydrogen-bond acceptors (Lipinski definition) is 1. The Bertz CT molecular complexity index is 369. The monoisotopic (exact) mass is 257 g/mol. The SMILES string of the molecule is O=C1CC(Br)CN1c1cccc(F)c1. The van der Waals surface area contributed by atoms with Gasteiger partial charge in [-0.2, -0.15) is 0 Å². The molecule has 1 atom stereocenters. The maximum Gasteiger partial charge on any atom is 0.228 e. The molecule has 1 fully saturated rings. The van der Waals surface area contributed by atoms with Gasteiger partial charge in [0.25, 0.3) is 0 Å². The number of benzene rings is 1. The summed E-state index contributed by atoms with van der Waals surface area (Å²) in [5, 5.41) is 0. The lowest BCUT2D eigenvalue weighted by atomic mass is 10.3. The first-order valence-corrected chi connectivity index (χ1v) is 5.28. The molecule has 1 amide bonds. The fourth-order valence-electron chi connectivity index (χ4n) is 1.56. The second kappa shape index (κ2) is 3.69. The van der Waals surface area contributed by atoms with Crippen LogP contribution in [0.25, 0.3) is 0 Å². The third kappa shape index (κ3) is 1.80. The van der Waals surface area contributed by atoms with Gasteiger partial charge in [-0.1, -0.05) is 22.0 Å². The van der Waals surface area contributed by atoms with Gasteiger partial charge in [-0.15, -0.1) is 0 Å². The van der Waals surface area contributed by atoms with Gasteiger partial charge < -0.3 is 4.90 Å². The molecule has 0 radical (unpaired) electrons. The van der Waals surface area contributed by atoms with E-state index in [-0.39, 0.29) is 16.6 Å². The number of amides is 1. The van der Waals surface area contributed by atoms with Gasteiger partial charge in [0.1, 0.15) is 5.82 Å². The van der Waals surface area contributed by atoms with Gasteiger partial charge in [0.15, 0.2) is 0 Å². The second-order valence-corrected chi connectivity index (χ2v) is 4.58. The first-order chi connectivity index (χ1) is 6.66. The number of rotatable bonds is 1. The molecule has 74 valence electrons. The number of alkyl halides is 1. The summed E-state index contributed by atoms with van der Waals surface area (Å²) < 4.78 is 12.9. The Balaban J connectivity index is 2.27. The van der Waals surface area contributed by atoms with E-state index in [2.05, 4.69) is 15.9 Å². The Labute approximate surface area is 89.8 Å². The number of carbonyl (C=O) groups excluding carboxylic acids is 1. The molecular formula is C10H9BrFNO. The molecule has 1 saturated heterocycles. The van der Waals surface area contributed by atoms with Crippen LogP contribution in [0.15, 0.2) is 24.3 Å². The van der Waals surface area contributed by atoms with Gasteiger partial charge in [-0.25, -0.2) is 4.39 Å². The van der Waals surface area contributed by atoms with Crippen LogP contribution in [0, 0.1) is 5.82 Å². The van der Waals surface area contributed by atoms with Crippen LogP contribution in [0.2, 0.25) is 0 Å². The van der Waals surface area contributed by atoms with E-state index >= 15 is 0 Å². The fourth-order valence-corrected chi connectivity index (χ4v) is 2.12. The van der Waals surface area contributed by atoms with Gasteiger partial charge in [0.2, 0.25) is 5.91 Å². The maximum absolute atomic E-state index is 12.9. The molecule has 0 aliphatic carbocycles. The highest BCUT2D eigenvalue weighted by Gasteiger charge is 2.28. The quantitative estimate of drug-likeness (QED) is 0.708. The van der Waals surface area contributed by atoms with Gasteiger partial charge in [0, 0.05) is 23.5 Å². The topological polar surface area (TPSA) is 20.3 Å².